The summed E-state index contributed by atoms with van der Waals surface area (Å²) in [5, 5.41) is 13.6. The first-order valence-corrected chi connectivity index (χ1v) is 8.31. The van der Waals surface area contributed by atoms with Crippen molar-refractivity contribution < 1.29 is 9.90 Å². The molecule has 0 spiro atoms. The Bertz CT molecular complexity index is 702. The third-order valence-corrected chi connectivity index (χ3v) is 3.93. The van der Waals surface area contributed by atoms with Crippen LogP contribution in [0.15, 0.2) is 30.5 Å². The zero-order chi connectivity index (χ0) is 17.7. The first-order valence-electron chi connectivity index (χ1n) is 7.93. The lowest BCUT2D eigenvalue weighted by atomic mass is 10.1. The molecule has 0 saturated carbocycles. The predicted octanol–water partition coefficient (Wildman–Crippen LogP) is 3.42. The second-order valence-electron chi connectivity index (χ2n) is 6.03. The molecule has 0 saturated heterocycles. The number of aliphatic hydroxyl groups excluding tert-OH is 1. The standard InChI is InChI=1S/C18H22ClN3O2/c1-11(2)17-21-10-12(3)16(22-17)18(24)20-9-8-15(23)13-4-6-14(19)7-5-13/h4-7,10-11,15,23H,8-9H2,1-3H3,(H,20,24)/t15-/m0/s1. The number of carbonyl (C=O) groups is 1. The van der Waals surface area contributed by atoms with Crippen LogP contribution in [-0.4, -0.2) is 27.5 Å². The molecule has 1 aromatic heterocycles. The summed E-state index contributed by atoms with van der Waals surface area (Å²) in [5.74, 6) is 0.552. The van der Waals surface area contributed by atoms with E-state index in [2.05, 4.69) is 15.3 Å². The van der Waals surface area contributed by atoms with Gasteiger partial charge < -0.3 is 10.4 Å². The number of aromatic nitrogens is 2. The number of hydrogen-bond donors (Lipinski definition) is 2. The van der Waals surface area contributed by atoms with E-state index in [1.54, 1.807) is 30.5 Å². The molecule has 24 heavy (non-hydrogen) atoms. The van der Waals surface area contributed by atoms with Crippen LogP contribution >= 0.6 is 11.6 Å². The molecule has 2 N–H and O–H groups in total. The van der Waals surface area contributed by atoms with E-state index < -0.39 is 6.10 Å². The van der Waals surface area contributed by atoms with Crippen molar-refractivity contribution in [3.8, 4) is 0 Å². The Morgan fingerprint density at radius 3 is 2.58 bits per heavy atom. The summed E-state index contributed by atoms with van der Waals surface area (Å²) in [6.45, 7) is 6.12. The van der Waals surface area contributed by atoms with Gasteiger partial charge >= 0.3 is 0 Å². The summed E-state index contributed by atoms with van der Waals surface area (Å²) < 4.78 is 0. The molecule has 0 fully saturated rings. The first kappa shape index (κ1) is 18.4. The van der Waals surface area contributed by atoms with Crippen molar-refractivity contribution in [2.45, 2.75) is 39.2 Å². The number of halogens is 1. The lowest BCUT2D eigenvalue weighted by Crippen LogP contribution is -2.28. The van der Waals surface area contributed by atoms with Crippen molar-refractivity contribution in [1.82, 2.24) is 15.3 Å². The zero-order valence-corrected chi connectivity index (χ0v) is 14.8. The molecule has 0 aliphatic heterocycles. The van der Waals surface area contributed by atoms with Crippen LogP contribution in [0.2, 0.25) is 5.02 Å². The Morgan fingerprint density at radius 1 is 1.29 bits per heavy atom. The Hall–Kier alpha value is -1.98. The maximum atomic E-state index is 12.3. The Balaban J connectivity index is 1.93. The van der Waals surface area contributed by atoms with Crippen LogP contribution in [0.5, 0.6) is 0 Å². The lowest BCUT2D eigenvalue weighted by molar-refractivity contribution is 0.0936. The van der Waals surface area contributed by atoms with E-state index in [1.165, 1.54) is 0 Å². The van der Waals surface area contributed by atoms with E-state index in [4.69, 9.17) is 11.6 Å². The highest BCUT2D eigenvalue weighted by Gasteiger charge is 2.15. The van der Waals surface area contributed by atoms with Gasteiger partial charge in [0, 0.05) is 23.7 Å². The molecule has 1 aromatic carbocycles. The normalized spacial score (nSPS) is 12.2. The number of aryl methyl sites for hydroxylation is 1. The smallest absolute Gasteiger partial charge is 0.270 e. The average Bonchev–Trinajstić information content (AvgIpc) is 2.55. The second kappa shape index (κ2) is 8.22. The third kappa shape index (κ3) is 4.76. The van der Waals surface area contributed by atoms with Crippen molar-refractivity contribution in [3.63, 3.8) is 0 Å². The van der Waals surface area contributed by atoms with Crippen LogP contribution in [0.3, 0.4) is 0 Å². The molecule has 128 valence electrons. The summed E-state index contributed by atoms with van der Waals surface area (Å²) in [5.41, 5.74) is 1.89. The van der Waals surface area contributed by atoms with Gasteiger partial charge in [-0.05, 0) is 36.6 Å². The van der Waals surface area contributed by atoms with E-state index in [-0.39, 0.29) is 11.8 Å². The first-order chi connectivity index (χ1) is 11.4. The largest absolute Gasteiger partial charge is 0.388 e. The van der Waals surface area contributed by atoms with Crippen LogP contribution < -0.4 is 5.32 Å². The number of carbonyl (C=O) groups excluding carboxylic acids is 1. The van der Waals surface area contributed by atoms with E-state index in [0.29, 0.717) is 29.5 Å². The van der Waals surface area contributed by atoms with Crippen LogP contribution in [0, 0.1) is 6.92 Å². The fourth-order valence-electron chi connectivity index (χ4n) is 2.22. The molecule has 0 aliphatic rings. The molecular weight excluding hydrogens is 326 g/mol. The van der Waals surface area contributed by atoms with Gasteiger partial charge in [-0.15, -0.1) is 0 Å². The number of benzene rings is 1. The van der Waals surface area contributed by atoms with Crippen molar-refractivity contribution in [2.24, 2.45) is 0 Å². The van der Waals surface area contributed by atoms with E-state index in [1.807, 2.05) is 20.8 Å². The number of amides is 1. The van der Waals surface area contributed by atoms with Crippen molar-refractivity contribution in [3.05, 3.63) is 58.1 Å². The third-order valence-electron chi connectivity index (χ3n) is 3.68. The van der Waals surface area contributed by atoms with Crippen LogP contribution in [0.4, 0.5) is 0 Å². The van der Waals surface area contributed by atoms with Gasteiger partial charge in [-0.3, -0.25) is 4.79 Å². The van der Waals surface area contributed by atoms with Gasteiger partial charge in [0.1, 0.15) is 11.5 Å². The van der Waals surface area contributed by atoms with Crippen LogP contribution in [-0.2, 0) is 0 Å². The van der Waals surface area contributed by atoms with Gasteiger partial charge in [0.15, 0.2) is 0 Å². The van der Waals surface area contributed by atoms with Crippen LogP contribution in [0.25, 0.3) is 0 Å². The van der Waals surface area contributed by atoms with Crippen molar-refractivity contribution >= 4 is 17.5 Å². The predicted molar refractivity (Wildman–Crippen MR) is 94.2 cm³/mol. The van der Waals surface area contributed by atoms with Crippen molar-refractivity contribution in [2.75, 3.05) is 6.54 Å². The molecule has 0 radical (unpaired) electrons. The maximum absolute atomic E-state index is 12.3. The second-order valence-corrected chi connectivity index (χ2v) is 6.46. The van der Waals surface area contributed by atoms with Gasteiger partial charge in [-0.1, -0.05) is 37.6 Å². The van der Waals surface area contributed by atoms with Gasteiger partial charge in [-0.25, -0.2) is 9.97 Å². The highest BCUT2D eigenvalue weighted by Crippen LogP contribution is 2.18. The Labute approximate surface area is 147 Å². The summed E-state index contributed by atoms with van der Waals surface area (Å²) in [7, 11) is 0. The van der Waals surface area contributed by atoms with Crippen LogP contribution in [0.1, 0.15) is 59.7 Å². The molecule has 5 nitrogen and oxygen atoms in total. The number of hydrogen-bond acceptors (Lipinski definition) is 4. The van der Waals surface area contributed by atoms with E-state index in [9.17, 15) is 9.90 Å². The van der Waals surface area contributed by atoms with Gasteiger partial charge in [0.05, 0.1) is 6.10 Å². The molecule has 2 rings (SSSR count). The topological polar surface area (TPSA) is 75.1 Å². The molecule has 0 aliphatic carbocycles. The summed E-state index contributed by atoms with van der Waals surface area (Å²) >= 11 is 5.83. The molecule has 0 unspecified atom stereocenters. The summed E-state index contributed by atoms with van der Waals surface area (Å²) in [6.07, 6.45) is 1.43. The Kier molecular flexibility index (Phi) is 6.29. The van der Waals surface area contributed by atoms with Gasteiger partial charge in [0.25, 0.3) is 5.91 Å². The number of nitrogens with one attached hydrogen (secondary N) is 1. The van der Waals surface area contributed by atoms with E-state index in [0.717, 1.165) is 11.1 Å². The fourth-order valence-corrected chi connectivity index (χ4v) is 2.35. The molecule has 1 atom stereocenters. The quantitative estimate of drug-likeness (QED) is 0.839. The average molecular weight is 348 g/mol. The molecule has 1 amide bonds. The van der Waals surface area contributed by atoms with Gasteiger partial charge in [0.2, 0.25) is 0 Å². The van der Waals surface area contributed by atoms with Gasteiger partial charge in [-0.2, -0.15) is 0 Å². The highest BCUT2D eigenvalue weighted by molar-refractivity contribution is 6.30. The molecule has 6 heteroatoms. The minimum atomic E-state index is -0.653. The number of nitrogens with zero attached hydrogens (tertiary/aromatic N) is 2. The number of aliphatic hydroxyl groups is 1. The number of rotatable bonds is 6. The highest BCUT2D eigenvalue weighted by atomic mass is 35.5. The zero-order valence-electron chi connectivity index (χ0n) is 14.1. The van der Waals surface area contributed by atoms with Crippen molar-refractivity contribution in [1.29, 1.82) is 0 Å². The van der Waals surface area contributed by atoms with E-state index >= 15 is 0 Å². The molecule has 2 aromatic rings. The monoisotopic (exact) mass is 347 g/mol. The molecular formula is C18H22ClN3O2. The minimum absolute atomic E-state index is 0.156. The maximum Gasteiger partial charge on any atom is 0.270 e. The summed E-state index contributed by atoms with van der Waals surface area (Å²) in [4.78, 5) is 20.9. The minimum Gasteiger partial charge on any atom is -0.388 e. The SMILES string of the molecule is Cc1cnc(C(C)C)nc1C(=O)NCC[C@H](O)c1ccc(Cl)cc1. The summed E-state index contributed by atoms with van der Waals surface area (Å²) in [6, 6.07) is 7.02. The molecule has 0 bridgehead atoms. The lowest BCUT2D eigenvalue weighted by Gasteiger charge is -2.13. The Morgan fingerprint density at radius 2 is 1.96 bits per heavy atom. The molecule has 1 heterocycles. The fraction of sp³-hybridized carbons (Fsp3) is 0.389.